The van der Waals surface area contributed by atoms with Crippen LogP contribution in [-0.2, 0) is 4.79 Å². The van der Waals surface area contributed by atoms with Gasteiger partial charge in [0.05, 0.1) is 16.2 Å². The summed E-state index contributed by atoms with van der Waals surface area (Å²) >= 11 is 6.49. The van der Waals surface area contributed by atoms with Crippen LogP contribution >= 0.6 is 24.0 Å². The van der Waals surface area contributed by atoms with E-state index in [9.17, 15) is 9.59 Å². The molecule has 1 amide bonds. The maximum atomic E-state index is 12.8. The molecular weight excluding hydrogens is 418 g/mol. The number of furan rings is 1. The van der Waals surface area contributed by atoms with Gasteiger partial charge >= 0.3 is 5.97 Å². The Labute approximate surface area is 182 Å². The first-order valence-electron chi connectivity index (χ1n) is 8.79. The molecule has 30 heavy (non-hydrogen) atoms. The predicted octanol–water partition coefficient (Wildman–Crippen LogP) is 4.78. The number of rotatable bonds is 3. The number of benzene rings is 2. The predicted molar refractivity (Wildman–Crippen MR) is 120 cm³/mol. The molecule has 1 saturated heterocycles. The van der Waals surface area contributed by atoms with Gasteiger partial charge < -0.3 is 9.52 Å². The van der Waals surface area contributed by atoms with Crippen LogP contribution in [0.4, 0.5) is 5.69 Å². The Morgan fingerprint density at radius 1 is 1.03 bits per heavy atom. The molecule has 146 valence electrons. The lowest BCUT2D eigenvalue weighted by Crippen LogP contribution is -2.27. The van der Waals surface area contributed by atoms with Gasteiger partial charge in [0.25, 0.3) is 5.91 Å². The number of hydrogen-bond acceptors (Lipinski definition) is 5. The second-order valence-electron chi connectivity index (χ2n) is 6.19. The Kier molecular flexibility index (Phi) is 5.53. The van der Waals surface area contributed by atoms with E-state index in [0.29, 0.717) is 26.4 Å². The van der Waals surface area contributed by atoms with Crippen molar-refractivity contribution < 1.29 is 19.1 Å². The summed E-state index contributed by atoms with van der Waals surface area (Å²) in [5.74, 6) is 5.63. The van der Waals surface area contributed by atoms with Gasteiger partial charge in [-0.25, -0.2) is 4.79 Å². The van der Waals surface area contributed by atoms with E-state index in [4.69, 9.17) is 21.7 Å². The van der Waals surface area contributed by atoms with Crippen LogP contribution in [0.15, 0.2) is 76.1 Å². The Balaban J connectivity index is 1.53. The first-order chi connectivity index (χ1) is 14.5. The number of aromatic carboxylic acids is 1. The molecule has 0 spiro atoms. The van der Waals surface area contributed by atoms with Crippen LogP contribution in [0.3, 0.4) is 0 Å². The molecule has 0 aliphatic carbocycles. The number of carbonyl (C=O) groups is 2. The first-order valence-corrected chi connectivity index (χ1v) is 10.0. The van der Waals surface area contributed by atoms with E-state index in [1.807, 2.05) is 30.3 Å². The van der Waals surface area contributed by atoms with E-state index in [-0.39, 0.29) is 11.5 Å². The molecule has 0 bridgehead atoms. The van der Waals surface area contributed by atoms with Gasteiger partial charge in [-0.05, 0) is 54.5 Å². The average Bonchev–Trinajstić information content (AvgIpc) is 3.31. The highest BCUT2D eigenvalue weighted by Gasteiger charge is 2.33. The van der Waals surface area contributed by atoms with E-state index in [0.717, 1.165) is 17.3 Å². The zero-order valence-corrected chi connectivity index (χ0v) is 17.0. The third-order valence-corrected chi connectivity index (χ3v) is 5.47. The highest BCUT2D eigenvalue weighted by atomic mass is 32.2. The molecule has 0 unspecified atom stereocenters. The SMILES string of the molecule is O=C(O)c1ccc(N2C(=O)C(=Cc3ccc(C#Cc4ccccc4)o3)SC2=S)cc1. The normalized spacial score (nSPS) is 14.7. The summed E-state index contributed by atoms with van der Waals surface area (Å²) in [5, 5.41) is 9.02. The molecule has 1 aliphatic rings. The van der Waals surface area contributed by atoms with Crippen molar-refractivity contribution in [1.82, 2.24) is 0 Å². The van der Waals surface area contributed by atoms with E-state index < -0.39 is 5.97 Å². The largest absolute Gasteiger partial charge is 0.478 e. The highest BCUT2D eigenvalue weighted by Crippen LogP contribution is 2.36. The number of hydrogen-bond donors (Lipinski definition) is 1. The summed E-state index contributed by atoms with van der Waals surface area (Å²) in [4.78, 5) is 25.6. The summed E-state index contributed by atoms with van der Waals surface area (Å²) in [6.07, 6.45) is 1.62. The lowest BCUT2D eigenvalue weighted by atomic mass is 10.2. The van der Waals surface area contributed by atoms with Crippen molar-refractivity contribution >= 4 is 51.9 Å². The molecular formula is C23H13NO4S2. The van der Waals surface area contributed by atoms with Gasteiger partial charge in [0.1, 0.15) is 5.76 Å². The Hall–Kier alpha value is -3.60. The minimum Gasteiger partial charge on any atom is -0.478 e. The molecule has 4 rings (SSSR count). The maximum absolute atomic E-state index is 12.8. The van der Waals surface area contributed by atoms with Gasteiger partial charge in [-0.1, -0.05) is 48.1 Å². The number of nitrogens with zero attached hydrogens (tertiary/aromatic N) is 1. The van der Waals surface area contributed by atoms with Crippen LogP contribution in [0, 0.1) is 11.8 Å². The van der Waals surface area contributed by atoms with E-state index in [2.05, 4.69) is 11.8 Å². The van der Waals surface area contributed by atoms with Crippen molar-refractivity contribution in [2.24, 2.45) is 0 Å². The fourth-order valence-electron chi connectivity index (χ4n) is 2.73. The van der Waals surface area contributed by atoms with Crippen molar-refractivity contribution in [3.63, 3.8) is 0 Å². The molecule has 0 atom stereocenters. The Morgan fingerprint density at radius 2 is 1.77 bits per heavy atom. The fourth-order valence-corrected chi connectivity index (χ4v) is 4.00. The van der Waals surface area contributed by atoms with Crippen molar-refractivity contribution in [1.29, 1.82) is 0 Å². The first kappa shape index (κ1) is 19.7. The number of carboxylic acid groups (broad SMARTS) is 1. The number of anilines is 1. The van der Waals surface area contributed by atoms with E-state index in [1.165, 1.54) is 17.0 Å². The van der Waals surface area contributed by atoms with Crippen LogP contribution in [-0.4, -0.2) is 21.3 Å². The minimum atomic E-state index is -1.03. The lowest BCUT2D eigenvalue weighted by molar-refractivity contribution is -0.113. The van der Waals surface area contributed by atoms with Crippen LogP contribution in [0.25, 0.3) is 6.08 Å². The van der Waals surface area contributed by atoms with Crippen LogP contribution in [0.5, 0.6) is 0 Å². The summed E-state index contributed by atoms with van der Waals surface area (Å²) in [6.45, 7) is 0. The van der Waals surface area contributed by atoms with Crippen molar-refractivity contribution in [3.05, 3.63) is 94.3 Å². The molecule has 3 aromatic rings. The van der Waals surface area contributed by atoms with Crippen LogP contribution in [0.1, 0.15) is 27.4 Å². The smallest absolute Gasteiger partial charge is 0.335 e. The van der Waals surface area contributed by atoms with Crippen molar-refractivity contribution in [2.75, 3.05) is 4.90 Å². The van der Waals surface area contributed by atoms with Crippen molar-refractivity contribution in [3.8, 4) is 11.8 Å². The topological polar surface area (TPSA) is 70.8 Å². The molecule has 2 aromatic carbocycles. The molecule has 2 heterocycles. The van der Waals surface area contributed by atoms with Gasteiger partial charge in [-0.3, -0.25) is 9.69 Å². The molecule has 0 radical (unpaired) electrons. The number of thiocarbonyl (C=S) groups is 1. The van der Waals surface area contributed by atoms with Gasteiger partial charge in [0, 0.05) is 11.6 Å². The quantitative estimate of drug-likeness (QED) is 0.366. The number of thioether (sulfide) groups is 1. The third-order valence-electron chi connectivity index (χ3n) is 4.17. The van der Waals surface area contributed by atoms with Gasteiger partial charge in [-0.15, -0.1) is 0 Å². The monoisotopic (exact) mass is 431 g/mol. The molecule has 7 heteroatoms. The number of amides is 1. The van der Waals surface area contributed by atoms with Crippen LogP contribution < -0.4 is 4.90 Å². The van der Waals surface area contributed by atoms with E-state index in [1.54, 1.807) is 30.3 Å². The summed E-state index contributed by atoms with van der Waals surface area (Å²) in [5.41, 5.74) is 1.53. The summed E-state index contributed by atoms with van der Waals surface area (Å²) in [6, 6.07) is 19.0. The van der Waals surface area contributed by atoms with Gasteiger partial charge in [0.2, 0.25) is 0 Å². The molecule has 0 saturated carbocycles. The third kappa shape index (κ3) is 4.20. The summed E-state index contributed by atoms with van der Waals surface area (Å²) < 4.78 is 6.06. The van der Waals surface area contributed by atoms with Crippen LogP contribution in [0.2, 0.25) is 0 Å². The van der Waals surface area contributed by atoms with Gasteiger partial charge in [0.15, 0.2) is 10.1 Å². The Morgan fingerprint density at radius 3 is 2.47 bits per heavy atom. The molecule has 1 aromatic heterocycles. The minimum absolute atomic E-state index is 0.138. The average molecular weight is 431 g/mol. The number of carboxylic acids is 1. The number of carbonyl (C=O) groups excluding carboxylic acids is 1. The zero-order chi connectivity index (χ0) is 21.1. The Bertz CT molecular complexity index is 1230. The standard InChI is InChI=1S/C23H13NO4S2/c25-21-20(30-23(29)24(21)17-9-7-16(8-10-17)22(26)27)14-19-13-12-18(28-19)11-6-15-4-2-1-3-5-15/h1-5,7-10,12-14H,(H,26,27). The summed E-state index contributed by atoms with van der Waals surface area (Å²) in [7, 11) is 0. The second kappa shape index (κ2) is 8.41. The second-order valence-corrected chi connectivity index (χ2v) is 7.86. The maximum Gasteiger partial charge on any atom is 0.335 e. The zero-order valence-electron chi connectivity index (χ0n) is 15.4. The lowest BCUT2D eigenvalue weighted by Gasteiger charge is -2.14. The van der Waals surface area contributed by atoms with Gasteiger partial charge in [-0.2, -0.15) is 0 Å². The van der Waals surface area contributed by atoms with Crippen molar-refractivity contribution in [2.45, 2.75) is 0 Å². The van der Waals surface area contributed by atoms with E-state index >= 15 is 0 Å². The molecule has 5 nitrogen and oxygen atoms in total. The molecule has 1 aliphatic heterocycles. The molecule has 1 fully saturated rings. The fraction of sp³-hybridized carbons (Fsp3) is 0. The molecule has 1 N–H and O–H groups in total. The highest BCUT2D eigenvalue weighted by molar-refractivity contribution is 8.27.